The van der Waals surface area contributed by atoms with Crippen molar-refractivity contribution in [2.75, 3.05) is 6.61 Å². The molecule has 8 heteroatoms. The van der Waals surface area contributed by atoms with E-state index in [4.69, 9.17) is 9.15 Å². The van der Waals surface area contributed by atoms with E-state index in [0.717, 1.165) is 4.57 Å². The van der Waals surface area contributed by atoms with Crippen LogP contribution in [0.4, 0.5) is 0 Å². The Kier molecular flexibility index (Phi) is 5.61. The first-order valence-electron chi connectivity index (χ1n) is 8.21. The summed E-state index contributed by atoms with van der Waals surface area (Å²) in [5, 5.41) is 2.86. The van der Waals surface area contributed by atoms with Crippen molar-refractivity contribution in [2.24, 2.45) is 5.92 Å². The average Bonchev–Trinajstić information content (AvgIpc) is 2.87. The van der Waals surface area contributed by atoms with E-state index in [2.05, 4.69) is 10.3 Å². The zero-order chi connectivity index (χ0) is 18.7. The summed E-state index contributed by atoms with van der Waals surface area (Å²) in [4.78, 5) is 41.0. The first kappa shape index (κ1) is 18.7. The molecular weight excluding hydrogens is 326 g/mol. The summed E-state index contributed by atoms with van der Waals surface area (Å²) in [7, 11) is 0. The molecule has 8 nitrogen and oxygen atoms in total. The van der Waals surface area contributed by atoms with Crippen LogP contribution in [-0.4, -0.2) is 34.1 Å². The maximum atomic E-state index is 12.7. The number of aryl methyl sites for hydroxylation is 1. The fourth-order valence-corrected chi connectivity index (χ4v) is 2.32. The lowest BCUT2D eigenvalue weighted by atomic mass is 10.1. The third-order valence-electron chi connectivity index (χ3n) is 4.04. The van der Waals surface area contributed by atoms with Crippen LogP contribution < -0.4 is 10.9 Å². The minimum absolute atomic E-state index is 0.0221. The Morgan fingerprint density at radius 3 is 2.64 bits per heavy atom. The highest BCUT2D eigenvalue weighted by Gasteiger charge is 2.24. The topological polar surface area (TPSA) is 103 Å². The van der Waals surface area contributed by atoms with Crippen LogP contribution in [0, 0.1) is 12.8 Å². The molecule has 0 aliphatic rings. The summed E-state index contributed by atoms with van der Waals surface area (Å²) in [5.74, 6) is -0.419. The van der Waals surface area contributed by atoms with E-state index in [1.807, 2.05) is 20.8 Å². The number of hydrogen-bond donors (Lipinski definition) is 1. The third-order valence-corrected chi connectivity index (χ3v) is 4.04. The highest BCUT2D eigenvalue weighted by atomic mass is 16.5. The minimum Gasteiger partial charge on any atom is -0.462 e. The van der Waals surface area contributed by atoms with Crippen molar-refractivity contribution < 1.29 is 18.7 Å². The summed E-state index contributed by atoms with van der Waals surface area (Å²) in [6.07, 6.45) is 1.24. The van der Waals surface area contributed by atoms with Crippen molar-refractivity contribution in [3.05, 3.63) is 28.0 Å². The molecule has 1 amide bonds. The first-order chi connectivity index (χ1) is 11.8. The normalized spacial score (nSPS) is 12.4. The zero-order valence-corrected chi connectivity index (χ0v) is 15.1. The number of esters is 1. The van der Waals surface area contributed by atoms with E-state index >= 15 is 0 Å². The maximum Gasteiger partial charge on any atom is 0.342 e. The second-order valence-corrected chi connectivity index (χ2v) is 6.21. The Morgan fingerprint density at radius 1 is 1.36 bits per heavy atom. The van der Waals surface area contributed by atoms with Crippen LogP contribution in [0.25, 0.3) is 11.1 Å². The zero-order valence-electron chi connectivity index (χ0n) is 15.1. The van der Waals surface area contributed by atoms with Gasteiger partial charge in [0.15, 0.2) is 0 Å². The van der Waals surface area contributed by atoms with Crippen molar-refractivity contribution in [1.29, 1.82) is 0 Å². The molecule has 1 N–H and O–H groups in total. The predicted octanol–water partition coefficient (Wildman–Crippen LogP) is 1.64. The molecule has 0 aliphatic carbocycles. The number of amides is 1. The number of carbonyl (C=O) groups is 2. The SMILES string of the molecule is CCOC(=O)c1c(C)oc2ncn(CC(=O)N[C@@H](C)C(C)C)c(=O)c12. The summed E-state index contributed by atoms with van der Waals surface area (Å²) in [6, 6.07) is -0.0221. The second-order valence-electron chi connectivity index (χ2n) is 6.21. The molecule has 0 aliphatic heterocycles. The summed E-state index contributed by atoms with van der Waals surface area (Å²) in [6.45, 7) is 9.10. The molecule has 0 fully saturated rings. The molecular formula is C17H23N3O5. The lowest BCUT2D eigenvalue weighted by Gasteiger charge is -2.17. The molecule has 0 bridgehead atoms. The third kappa shape index (κ3) is 3.89. The highest BCUT2D eigenvalue weighted by Crippen LogP contribution is 2.21. The van der Waals surface area contributed by atoms with Crippen molar-refractivity contribution in [2.45, 2.75) is 47.2 Å². The van der Waals surface area contributed by atoms with Gasteiger partial charge in [0.05, 0.1) is 6.61 Å². The Labute approximate surface area is 145 Å². The Hall–Kier alpha value is -2.64. The van der Waals surface area contributed by atoms with Gasteiger partial charge in [-0.15, -0.1) is 0 Å². The van der Waals surface area contributed by atoms with Gasteiger partial charge in [0.2, 0.25) is 11.6 Å². The molecule has 136 valence electrons. The molecule has 25 heavy (non-hydrogen) atoms. The van der Waals surface area contributed by atoms with Crippen molar-refractivity contribution in [1.82, 2.24) is 14.9 Å². The van der Waals surface area contributed by atoms with Crippen molar-refractivity contribution in [3.8, 4) is 0 Å². The minimum atomic E-state index is -0.645. The number of carbonyl (C=O) groups excluding carboxylic acids is 2. The summed E-state index contributed by atoms with van der Waals surface area (Å²) < 4.78 is 11.5. The van der Waals surface area contributed by atoms with Gasteiger partial charge in [-0.25, -0.2) is 9.78 Å². The number of fused-ring (bicyclic) bond motifs is 1. The quantitative estimate of drug-likeness (QED) is 0.795. The molecule has 0 unspecified atom stereocenters. The fraction of sp³-hybridized carbons (Fsp3) is 0.529. The standard InChI is InChI=1S/C17H23N3O5/c1-6-24-17(23)13-11(5)25-15-14(13)16(22)20(8-18-15)7-12(21)19-10(4)9(2)3/h8-10H,6-7H2,1-5H3,(H,19,21)/t10-/m0/s1. The van der Waals surface area contributed by atoms with Gasteiger partial charge >= 0.3 is 5.97 Å². The first-order valence-corrected chi connectivity index (χ1v) is 8.21. The number of ether oxygens (including phenoxy) is 1. The van der Waals surface area contributed by atoms with Gasteiger partial charge in [-0.3, -0.25) is 14.2 Å². The van der Waals surface area contributed by atoms with E-state index in [1.54, 1.807) is 13.8 Å². The van der Waals surface area contributed by atoms with E-state index < -0.39 is 11.5 Å². The largest absolute Gasteiger partial charge is 0.462 e. The van der Waals surface area contributed by atoms with Gasteiger partial charge in [-0.2, -0.15) is 0 Å². The second kappa shape index (κ2) is 7.50. The van der Waals surface area contributed by atoms with Gasteiger partial charge in [-0.05, 0) is 26.7 Å². The monoisotopic (exact) mass is 349 g/mol. The van der Waals surface area contributed by atoms with Gasteiger partial charge in [-0.1, -0.05) is 13.8 Å². The van der Waals surface area contributed by atoms with E-state index in [1.165, 1.54) is 6.33 Å². The van der Waals surface area contributed by atoms with Crippen molar-refractivity contribution in [3.63, 3.8) is 0 Å². The molecule has 2 aromatic rings. The van der Waals surface area contributed by atoms with Crippen LogP contribution in [0.2, 0.25) is 0 Å². The van der Waals surface area contributed by atoms with Crippen LogP contribution in [-0.2, 0) is 16.1 Å². The van der Waals surface area contributed by atoms with Crippen LogP contribution in [0.3, 0.4) is 0 Å². The average molecular weight is 349 g/mol. The Bertz CT molecular complexity index is 850. The number of aromatic nitrogens is 2. The number of hydrogen-bond acceptors (Lipinski definition) is 6. The lowest BCUT2D eigenvalue weighted by molar-refractivity contribution is -0.122. The number of furan rings is 1. The van der Waals surface area contributed by atoms with Gasteiger partial charge in [0, 0.05) is 6.04 Å². The fourth-order valence-electron chi connectivity index (χ4n) is 2.32. The Balaban J connectivity index is 2.39. The van der Waals surface area contributed by atoms with E-state index in [0.29, 0.717) is 0 Å². The Morgan fingerprint density at radius 2 is 2.04 bits per heavy atom. The smallest absolute Gasteiger partial charge is 0.342 e. The predicted molar refractivity (Wildman–Crippen MR) is 91.4 cm³/mol. The van der Waals surface area contributed by atoms with Crippen LogP contribution in [0.15, 0.2) is 15.5 Å². The number of rotatable bonds is 6. The van der Waals surface area contributed by atoms with E-state index in [9.17, 15) is 14.4 Å². The van der Waals surface area contributed by atoms with Gasteiger partial charge in [0.25, 0.3) is 5.56 Å². The molecule has 0 spiro atoms. The number of nitrogens with one attached hydrogen (secondary N) is 1. The van der Waals surface area contributed by atoms with Gasteiger partial charge in [0.1, 0.15) is 29.6 Å². The van der Waals surface area contributed by atoms with Gasteiger partial charge < -0.3 is 14.5 Å². The molecule has 2 aromatic heterocycles. The van der Waals surface area contributed by atoms with Crippen LogP contribution in [0.1, 0.15) is 43.8 Å². The van der Waals surface area contributed by atoms with Crippen LogP contribution >= 0.6 is 0 Å². The summed E-state index contributed by atoms with van der Waals surface area (Å²) >= 11 is 0. The summed E-state index contributed by atoms with van der Waals surface area (Å²) in [5.41, 5.74) is -0.408. The lowest BCUT2D eigenvalue weighted by Crippen LogP contribution is -2.39. The molecule has 0 radical (unpaired) electrons. The maximum absolute atomic E-state index is 12.7. The molecule has 0 saturated carbocycles. The van der Waals surface area contributed by atoms with Crippen LogP contribution in [0.5, 0.6) is 0 Å². The molecule has 2 heterocycles. The number of nitrogens with zero attached hydrogens (tertiary/aromatic N) is 2. The highest BCUT2D eigenvalue weighted by molar-refractivity contribution is 6.03. The van der Waals surface area contributed by atoms with E-state index in [-0.39, 0.29) is 53.4 Å². The molecule has 2 rings (SSSR count). The van der Waals surface area contributed by atoms with Crippen molar-refractivity contribution >= 4 is 23.0 Å². The molecule has 0 saturated heterocycles. The molecule has 0 aromatic carbocycles. The molecule has 1 atom stereocenters.